The second-order valence-corrected chi connectivity index (χ2v) is 6.63. The van der Waals surface area contributed by atoms with Gasteiger partial charge in [0.25, 0.3) is 0 Å². The van der Waals surface area contributed by atoms with Gasteiger partial charge in [0.05, 0.1) is 0 Å². The Morgan fingerprint density at radius 2 is 1.62 bits per heavy atom. The molecule has 1 N–H and O–H groups in total. The summed E-state index contributed by atoms with van der Waals surface area (Å²) in [5.74, 6) is 1.96. The van der Waals surface area contributed by atoms with Crippen molar-refractivity contribution in [3.8, 4) is 0 Å². The zero-order valence-corrected chi connectivity index (χ0v) is 11.2. The van der Waals surface area contributed by atoms with Gasteiger partial charge in [0, 0.05) is 5.54 Å². The highest BCUT2D eigenvalue weighted by Crippen LogP contribution is 2.31. The van der Waals surface area contributed by atoms with E-state index in [-0.39, 0.29) is 0 Å². The summed E-state index contributed by atoms with van der Waals surface area (Å²) in [6.07, 6.45) is 13.0. The summed E-state index contributed by atoms with van der Waals surface area (Å²) in [4.78, 5) is 0. The molecule has 0 radical (unpaired) electrons. The number of rotatable bonds is 3. The Morgan fingerprint density at radius 1 is 1.00 bits per heavy atom. The Kier molecular flexibility index (Phi) is 4.29. The Balaban J connectivity index is 1.70. The lowest BCUT2D eigenvalue weighted by Crippen LogP contribution is -2.46. The predicted molar refractivity (Wildman–Crippen MR) is 70.6 cm³/mol. The van der Waals surface area contributed by atoms with E-state index >= 15 is 0 Å². The molecule has 0 atom stereocenters. The van der Waals surface area contributed by atoms with E-state index in [9.17, 15) is 0 Å². The molecule has 0 saturated heterocycles. The molecule has 2 rings (SSSR count). The van der Waals surface area contributed by atoms with Crippen LogP contribution in [0.15, 0.2) is 0 Å². The van der Waals surface area contributed by atoms with Gasteiger partial charge >= 0.3 is 0 Å². The zero-order chi connectivity index (χ0) is 11.4. The van der Waals surface area contributed by atoms with Crippen LogP contribution in [-0.2, 0) is 0 Å². The van der Waals surface area contributed by atoms with Crippen LogP contribution in [0.5, 0.6) is 0 Å². The largest absolute Gasteiger partial charge is 0.311 e. The molecule has 94 valence electrons. The van der Waals surface area contributed by atoms with Crippen LogP contribution in [0.1, 0.15) is 71.6 Å². The molecule has 0 aromatic heterocycles. The maximum Gasteiger partial charge on any atom is 0.0153 e. The Hall–Kier alpha value is -0.0400. The van der Waals surface area contributed by atoms with Crippen molar-refractivity contribution in [2.24, 2.45) is 11.8 Å². The fourth-order valence-corrected chi connectivity index (χ4v) is 3.43. The fourth-order valence-electron chi connectivity index (χ4n) is 3.43. The van der Waals surface area contributed by atoms with E-state index in [0.29, 0.717) is 5.54 Å². The third kappa shape index (κ3) is 3.48. The van der Waals surface area contributed by atoms with E-state index in [1.165, 1.54) is 64.3 Å². The first-order valence-corrected chi connectivity index (χ1v) is 7.43. The van der Waals surface area contributed by atoms with Gasteiger partial charge in [0.1, 0.15) is 0 Å². The first-order valence-electron chi connectivity index (χ1n) is 7.43. The van der Waals surface area contributed by atoms with Crippen LogP contribution in [0.3, 0.4) is 0 Å². The van der Waals surface area contributed by atoms with Crippen molar-refractivity contribution in [2.75, 3.05) is 6.54 Å². The smallest absolute Gasteiger partial charge is 0.0153 e. The Morgan fingerprint density at radius 3 is 2.25 bits per heavy atom. The van der Waals surface area contributed by atoms with Crippen molar-refractivity contribution in [3.63, 3.8) is 0 Å². The number of hydrogen-bond acceptors (Lipinski definition) is 1. The molecule has 0 bridgehead atoms. The van der Waals surface area contributed by atoms with Crippen LogP contribution >= 0.6 is 0 Å². The van der Waals surface area contributed by atoms with E-state index in [1.807, 2.05) is 0 Å². The van der Waals surface area contributed by atoms with Crippen molar-refractivity contribution in [1.82, 2.24) is 5.32 Å². The van der Waals surface area contributed by atoms with Crippen molar-refractivity contribution in [1.29, 1.82) is 0 Å². The van der Waals surface area contributed by atoms with Gasteiger partial charge in [-0.25, -0.2) is 0 Å². The second kappa shape index (κ2) is 5.53. The highest BCUT2D eigenvalue weighted by atomic mass is 15.0. The summed E-state index contributed by atoms with van der Waals surface area (Å²) >= 11 is 0. The van der Waals surface area contributed by atoms with E-state index in [0.717, 1.165) is 11.8 Å². The lowest BCUT2D eigenvalue weighted by Gasteiger charge is -2.37. The van der Waals surface area contributed by atoms with E-state index < -0.39 is 0 Å². The van der Waals surface area contributed by atoms with Gasteiger partial charge in [-0.15, -0.1) is 0 Å². The molecule has 1 nitrogen and oxygen atoms in total. The molecule has 0 spiro atoms. The van der Waals surface area contributed by atoms with Gasteiger partial charge in [-0.3, -0.25) is 0 Å². The predicted octanol–water partition coefficient (Wildman–Crippen LogP) is 4.13. The number of nitrogens with one attached hydrogen (secondary N) is 1. The van der Waals surface area contributed by atoms with Crippen LogP contribution in [0.4, 0.5) is 0 Å². The summed E-state index contributed by atoms with van der Waals surface area (Å²) in [6.45, 7) is 6.13. The van der Waals surface area contributed by atoms with Crippen LogP contribution in [0.25, 0.3) is 0 Å². The molecule has 0 heterocycles. The van der Waals surface area contributed by atoms with Crippen LogP contribution in [0.2, 0.25) is 0 Å². The molecule has 16 heavy (non-hydrogen) atoms. The molecule has 2 aliphatic carbocycles. The third-order valence-corrected chi connectivity index (χ3v) is 4.91. The molecule has 2 fully saturated rings. The van der Waals surface area contributed by atoms with Gasteiger partial charge in [-0.1, -0.05) is 39.0 Å². The van der Waals surface area contributed by atoms with Crippen LogP contribution in [0, 0.1) is 11.8 Å². The van der Waals surface area contributed by atoms with Crippen molar-refractivity contribution in [3.05, 3.63) is 0 Å². The molecule has 0 amide bonds. The summed E-state index contributed by atoms with van der Waals surface area (Å²) in [6, 6.07) is 0. The van der Waals surface area contributed by atoms with Gasteiger partial charge in [-0.05, 0) is 51.0 Å². The van der Waals surface area contributed by atoms with Gasteiger partial charge in [0.15, 0.2) is 0 Å². The van der Waals surface area contributed by atoms with E-state index in [2.05, 4.69) is 19.2 Å². The fraction of sp³-hybridized carbons (Fsp3) is 1.00. The molecular formula is C15H29N. The lowest BCUT2D eigenvalue weighted by atomic mass is 9.80. The van der Waals surface area contributed by atoms with Crippen LogP contribution in [-0.4, -0.2) is 12.1 Å². The summed E-state index contributed by atoms with van der Waals surface area (Å²) in [7, 11) is 0. The van der Waals surface area contributed by atoms with Gasteiger partial charge in [0.2, 0.25) is 0 Å². The quantitative estimate of drug-likeness (QED) is 0.758. The molecule has 2 aliphatic rings. The minimum atomic E-state index is 0.474. The molecule has 0 aromatic carbocycles. The van der Waals surface area contributed by atoms with E-state index in [4.69, 9.17) is 0 Å². The molecule has 2 saturated carbocycles. The first-order chi connectivity index (χ1) is 7.68. The maximum atomic E-state index is 3.88. The van der Waals surface area contributed by atoms with Crippen molar-refractivity contribution < 1.29 is 0 Å². The van der Waals surface area contributed by atoms with Gasteiger partial charge in [-0.2, -0.15) is 0 Å². The van der Waals surface area contributed by atoms with Crippen molar-refractivity contribution >= 4 is 0 Å². The SMILES string of the molecule is CC1CCC(CNC2(C)CCCCC2)CC1. The minimum absolute atomic E-state index is 0.474. The highest BCUT2D eigenvalue weighted by Gasteiger charge is 2.27. The summed E-state index contributed by atoms with van der Waals surface area (Å²) < 4.78 is 0. The standard InChI is InChI=1S/C15H29N/c1-13-6-8-14(9-7-13)12-16-15(2)10-4-3-5-11-15/h13-14,16H,3-12H2,1-2H3. The number of hydrogen-bond donors (Lipinski definition) is 1. The summed E-state index contributed by atoms with van der Waals surface area (Å²) in [5, 5.41) is 3.88. The zero-order valence-electron chi connectivity index (χ0n) is 11.2. The normalized spacial score (nSPS) is 34.9. The van der Waals surface area contributed by atoms with Gasteiger partial charge < -0.3 is 5.32 Å². The summed E-state index contributed by atoms with van der Waals surface area (Å²) in [5.41, 5.74) is 0.474. The average Bonchev–Trinajstić information content (AvgIpc) is 2.29. The Bertz CT molecular complexity index is 197. The molecule has 1 heteroatoms. The third-order valence-electron chi connectivity index (χ3n) is 4.91. The highest BCUT2D eigenvalue weighted by molar-refractivity contribution is 4.87. The van der Waals surface area contributed by atoms with E-state index in [1.54, 1.807) is 0 Å². The average molecular weight is 223 g/mol. The molecule has 0 aromatic rings. The Labute approximate surface area is 101 Å². The van der Waals surface area contributed by atoms with Crippen LogP contribution < -0.4 is 5.32 Å². The maximum absolute atomic E-state index is 3.88. The van der Waals surface area contributed by atoms with Crippen molar-refractivity contribution in [2.45, 2.75) is 77.2 Å². The molecule has 0 aliphatic heterocycles. The second-order valence-electron chi connectivity index (χ2n) is 6.63. The first kappa shape index (κ1) is 12.4. The topological polar surface area (TPSA) is 12.0 Å². The minimum Gasteiger partial charge on any atom is -0.311 e. The monoisotopic (exact) mass is 223 g/mol. The molecule has 0 unspecified atom stereocenters. The lowest BCUT2D eigenvalue weighted by molar-refractivity contribution is 0.213. The molecular weight excluding hydrogens is 194 g/mol.